The third kappa shape index (κ3) is 3.29. The van der Waals surface area contributed by atoms with E-state index in [0.717, 1.165) is 30.9 Å². The Balaban J connectivity index is 0.00000161. The number of nitrogens with two attached hydrogens (primary N) is 1. The van der Waals surface area contributed by atoms with Crippen molar-refractivity contribution in [3.8, 4) is 0 Å². The summed E-state index contributed by atoms with van der Waals surface area (Å²) in [6, 6.07) is 2.14. The number of rotatable bonds is 2. The first-order valence-corrected chi connectivity index (χ1v) is 7.78. The Morgan fingerprint density at radius 2 is 2.33 bits per heavy atom. The van der Waals surface area contributed by atoms with E-state index in [1.807, 2.05) is 11.4 Å². The molecule has 0 amide bonds. The number of aromatic nitrogens is 2. The van der Waals surface area contributed by atoms with E-state index in [1.54, 1.807) is 0 Å². The summed E-state index contributed by atoms with van der Waals surface area (Å²) in [5.41, 5.74) is 7.02. The van der Waals surface area contributed by atoms with Crippen molar-refractivity contribution in [2.75, 3.05) is 13.1 Å². The van der Waals surface area contributed by atoms with Gasteiger partial charge in [-0.15, -0.1) is 23.7 Å². The highest BCUT2D eigenvalue weighted by Crippen LogP contribution is 2.28. The van der Waals surface area contributed by atoms with Crippen molar-refractivity contribution in [1.29, 1.82) is 0 Å². The average molecular weight is 329 g/mol. The number of aromatic amines is 1. The predicted molar refractivity (Wildman–Crippen MR) is 89.1 cm³/mol. The molecule has 3 heterocycles. The van der Waals surface area contributed by atoms with Gasteiger partial charge in [-0.25, -0.2) is 4.98 Å². The van der Waals surface area contributed by atoms with Gasteiger partial charge in [0.15, 0.2) is 0 Å². The first-order valence-electron chi connectivity index (χ1n) is 6.90. The molecule has 0 bridgehead atoms. The maximum absolute atomic E-state index is 12.0. The van der Waals surface area contributed by atoms with Gasteiger partial charge in [0.25, 0.3) is 5.56 Å². The van der Waals surface area contributed by atoms with Crippen LogP contribution < -0.4 is 11.3 Å². The summed E-state index contributed by atoms with van der Waals surface area (Å²) >= 11 is 1.43. The highest BCUT2D eigenvalue weighted by Gasteiger charge is 2.33. The van der Waals surface area contributed by atoms with Gasteiger partial charge in [0.2, 0.25) is 0 Å². The summed E-state index contributed by atoms with van der Waals surface area (Å²) in [7, 11) is 0. The van der Waals surface area contributed by atoms with Crippen LogP contribution in [0.15, 0.2) is 16.2 Å². The van der Waals surface area contributed by atoms with Crippen LogP contribution >= 0.6 is 23.7 Å². The lowest BCUT2D eigenvalue weighted by molar-refractivity contribution is 0.0879. The molecule has 21 heavy (non-hydrogen) atoms. The highest BCUT2D eigenvalue weighted by atomic mass is 35.5. The van der Waals surface area contributed by atoms with Crippen LogP contribution in [0.5, 0.6) is 0 Å². The fraction of sp³-hybridized carbons (Fsp3) is 0.571. The summed E-state index contributed by atoms with van der Waals surface area (Å²) in [6.45, 7) is 6.96. The van der Waals surface area contributed by atoms with Gasteiger partial charge in [-0.3, -0.25) is 9.69 Å². The zero-order valence-electron chi connectivity index (χ0n) is 12.3. The van der Waals surface area contributed by atoms with E-state index >= 15 is 0 Å². The predicted octanol–water partition coefficient (Wildman–Crippen LogP) is 1.97. The molecule has 1 atom stereocenters. The first kappa shape index (κ1) is 16.4. The standard InChI is InChI=1S/C14H20N4OS.ClH/c1-14(2)8-18(5-3-10(14)15)7-11-16-9-4-6-20-12(9)13(19)17-11;/h4,6,10H,3,5,7-8,15H2,1-2H3,(H,16,17,19);1H. The van der Waals surface area contributed by atoms with Crippen molar-refractivity contribution in [2.45, 2.75) is 32.9 Å². The topological polar surface area (TPSA) is 75.0 Å². The van der Waals surface area contributed by atoms with E-state index in [0.29, 0.717) is 11.2 Å². The molecule has 3 N–H and O–H groups in total. The Morgan fingerprint density at radius 3 is 3.05 bits per heavy atom. The second kappa shape index (κ2) is 6.04. The molecular formula is C14H21ClN4OS. The van der Waals surface area contributed by atoms with Crippen LogP contribution in [-0.4, -0.2) is 34.0 Å². The first-order chi connectivity index (χ1) is 9.45. The minimum atomic E-state index is -0.0343. The zero-order chi connectivity index (χ0) is 14.3. The van der Waals surface area contributed by atoms with Gasteiger partial charge in [0, 0.05) is 19.1 Å². The molecule has 2 aromatic heterocycles. The summed E-state index contributed by atoms with van der Waals surface area (Å²) in [4.78, 5) is 21.7. The molecule has 3 rings (SSSR count). The van der Waals surface area contributed by atoms with Crippen LogP contribution in [-0.2, 0) is 6.54 Å². The Morgan fingerprint density at radius 1 is 1.57 bits per heavy atom. The fourth-order valence-electron chi connectivity index (χ4n) is 2.83. The van der Waals surface area contributed by atoms with Gasteiger partial charge < -0.3 is 10.7 Å². The van der Waals surface area contributed by atoms with Gasteiger partial charge >= 0.3 is 0 Å². The Bertz CT molecular complexity index is 681. The van der Waals surface area contributed by atoms with E-state index in [2.05, 4.69) is 28.7 Å². The third-order valence-corrected chi connectivity index (χ3v) is 5.03. The molecule has 0 radical (unpaired) electrons. The molecular weight excluding hydrogens is 308 g/mol. The molecule has 1 fully saturated rings. The van der Waals surface area contributed by atoms with Crippen molar-refractivity contribution in [3.05, 3.63) is 27.6 Å². The largest absolute Gasteiger partial charge is 0.327 e. The second-order valence-electron chi connectivity index (χ2n) is 6.24. The van der Waals surface area contributed by atoms with Crippen molar-refractivity contribution < 1.29 is 0 Å². The van der Waals surface area contributed by atoms with Gasteiger partial charge in [-0.2, -0.15) is 0 Å². The molecule has 2 aromatic rings. The number of hydrogen-bond acceptors (Lipinski definition) is 5. The summed E-state index contributed by atoms with van der Waals surface area (Å²) in [5, 5.41) is 1.90. The fourth-order valence-corrected chi connectivity index (χ4v) is 3.55. The number of H-pyrrole nitrogens is 1. The van der Waals surface area contributed by atoms with Crippen molar-refractivity contribution >= 4 is 34.0 Å². The van der Waals surface area contributed by atoms with Crippen LogP contribution in [0.4, 0.5) is 0 Å². The number of hydrogen-bond donors (Lipinski definition) is 2. The molecule has 0 aromatic carbocycles. The summed E-state index contributed by atoms with van der Waals surface area (Å²) in [6.07, 6.45) is 0.984. The second-order valence-corrected chi connectivity index (χ2v) is 7.16. The molecule has 0 spiro atoms. The van der Waals surface area contributed by atoms with Crippen LogP contribution in [0, 0.1) is 5.41 Å². The van der Waals surface area contributed by atoms with Crippen LogP contribution in [0.3, 0.4) is 0 Å². The van der Waals surface area contributed by atoms with E-state index in [1.165, 1.54) is 11.3 Å². The average Bonchev–Trinajstić information content (AvgIpc) is 2.82. The number of thiophene rings is 1. The number of nitrogens with one attached hydrogen (secondary N) is 1. The lowest BCUT2D eigenvalue weighted by atomic mass is 9.80. The monoisotopic (exact) mass is 328 g/mol. The summed E-state index contributed by atoms with van der Waals surface area (Å²) < 4.78 is 0.703. The zero-order valence-corrected chi connectivity index (χ0v) is 13.9. The van der Waals surface area contributed by atoms with E-state index in [4.69, 9.17) is 5.73 Å². The molecule has 0 saturated carbocycles. The lowest BCUT2D eigenvalue weighted by Gasteiger charge is -2.42. The highest BCUT2D eigenvalue weighted by molar-refractivity contribution is 7.17. The Kier molecular flexibility index (Phi) is 4.72. The number of fused-ring (bicyclic) bond motifs is 1. The Hall–Kier alpha value is -0.950. The lowest BCUT2D eigenvalue weighted by Crippen LogP contribution is -2.52. The van der Waals surface area contributed by atoms with Gasteiger partial charge in [0.1, 0.15) is 10.5 Å². The van der Waals surface area contributed by atoms with Crippen LogP contribution in [0.25, 0.3) is 10.2 Å². The quantitative estimate of drug-likeness (QED) is 0.883. The smallest absolute Gasteiger partial charge is 0.268 e. The number of piperidine rings is 1. The van der Waals surface area contributed by atoms with E-state index < -0.39 is 0 Å². The molecule has 116 valence electrons. The Labute approximate surface area is 134 Å². The molecule has 7 heteroatoms. The maximum Gasteiger partial charge on any atom is 0.268 e. The van der Waals surface area contributed by atoms with Crippen molar-refractivity contribution in [3.63, 3.8) is 0 Å². The van der Waals surface area contributed by atoms with Crippen LogP contribution in [0.2, 0.25) is 0 Å². The molecule has 1 aliphatic heterocycles. The van der Waals surface area contributed by atoms with Crippen LogP contribution in [0.1, 0.15) is 26.1 Å². The normalized spacial score (nSPS) is 22.1. The van der Waals surface area contributed by atoms with Gasteiger partial charge in [-0.1, -0.05) is 13.8 Å². The maximum atomic E-state index is 12.0. The number of halogens is 1. The number of nitrogens with zero attached hydrogens (tertiary/aromatic N) is 2. The molecule has 1 aliphatic rings. The summed E-state index contributed by atoms with van der Waals surface area (Å²) in [5.74, 6) is 0.743. The van der Waals surface area contributed by atoms with E-state index in [-0.39, 0.29) is 29.4 Å². The van der Waals surface area contributed by atoms with Gasteiger partial charge in [0.05, 0.1) is 12.1 Å². The minimum absolute atomic E-state index is 0. The molecule has 1 unspecified atom stereocenters. The minimum Gasteiger partial charge on any atom is -0.327 e. The van der Waals surface area contributed by atoms with Crippen molar-refractivity contribution in [2.24, 2.45) is 11.1 Å². The molecule has 1 saturated heterocycles. The van der Waals surface area contributed by atoms with E-state index in [9.17, 15) is 4.79 Å². The number of likely N-dealkylation sites (tertiary alicyclic amines) is 1. The SMILES string of the molecule is CC1(C)CN(Cc2nc3ccsc3c(=O)[nH]2)CCC1N.Cl. The molecule has 5 nitrogen and oxygen atoms in total. The third-order valence-electron chi connectivity index (χ3n) is 4.13. The molecule has 0 aliphatic carbocycles. The van der Waals surface area contributed by atoms with Gasteiger partial charge in [-0.05, 0) is 23.3 Å². The van der Waals surface area contributed by atoms with Crippen molar-refractivity contribution in [1.82, 2.24) is 14.9 Å².